The molecule has 1 atom stereocenters. The zero-order valence-electron chi connectivity index (χ0n) is 12.6. The molecular weight excluding hydrogens is 248 g/mol. The van der Waals surface area contributed by atoms with E-state index < -0.39 is 6.04 Å². The predicted molar refractivity (Wildman–Crippen MR) is 82.6 cm³/mol. The van der Waals surface area contributed by atoms with Crippen LogP contribution in [0.15, 0.2) is 24.3 Å². The second-order valence-electron chi connectivity index (χ2n) is 6.22. The van der Waals surface area contributed by atoms with Crippen molar-refractivity contribution in [3.05, 3.63) is 35.4 Å². The van der Waals surface area contributed by atoms with Crippen LogP contribution in [0, 0.1) is 6.92 Å². The summed E-state index contributed by atoms with van der Waals surface area (Å²) in [6, 6.07) is 8.28. The third kappa shape index (κ3) is 3.40. The summed E-state index contributed by atoms with van der Waals surface area (Å²) < 4.78 is 0. The Labute approximate surface area is 121 Å². The van der Waals surface area contributed by atoms with E-state index >= 15 is 0 Å². The summed E-state index contributed by atoms with van der Waals surface area (Å²) in [5, 5.41) is 3.05. The largest absolute Gasteiger partial charge is 0.354 e. The fourth-order valence-corrected chi connectivity index (χ4v) is 3.19. The Hall–Kier alpha value is -1.35. The number of rotatable bonds is 4. The molecule has 0 spiro atoms. The Morgan fingerprint density at radius 3 is 2.65 bits per heavy atom. The highest BCUT2D eigenvalue weighted by molar-refractivity contribution is 5.81. The minimum Gasteiger partial charge on any atom is -0.354 e. The Balaban J connectivity index is 2.19. The van der Waals surface area contributed by atoms with Crippen molar-refractivity contribution in [2.75, 3.05) is 6.54 Å². The van der Waals surface area contributed by atoms with E-state index in [-0.39, 0.29) is 11.3 Å². The Kier molecular flexibility index (Phi) is 4.81. The molecule has 0 heterocycles. The van der Waals surface area contributed by atoms with Gasteiger partial charge in [-0.05, 0) is 32.3 Å². The van der Waals surface area contributed by atoms with Gasteiger partial charge in [0.05, 0.1) is 6.04 Å². The van der Waals surface area contributed by atoms with Crippen LogP contribution in [0.25, 0.3) is 0 Å². The number of carbonyl (C=O) groups is 1. The zero-order chi connectivity index (χ0) is 14.6. The summed E-state index contributed by atoms with van der Waals surface area (Å²) in [6.45, 7) is 4.56. The van der Waals surface area contributed by atoms with Crippen molar-refractivity contribution < 1.29 is 4.79 Å². The van der Waals surface area contributed by atoms with Crippen molar-refractivity contribution >= 4 is 5.91 Å². The second-order valence-corrected chi connectivity index (χ2v) is 6.22. The van der Waals surface area contributed by atoms with Gasteiger partial charge in [-0.3, -0.25) is 4.79 Å². The predicted octanol–water partition coefficient (Wildman–Crippen LogP) is 2.66. The monoisotopic (exact) mass is 274 g/mol. The van der Waals surface area contributed by atoms with Crippen LogP contribution in [0.2, 0.25) is 0 Å². The molecule has 1 aromatic carbocycles. The highest BCUT2D eigenvalue weighted by Gasteiger charge is 2.34. The first-order valence-corrected chi connectivity index (χ1v) is 7.64. The van der Waals surface area contributed by atoms with E-state index in [1.54, 1.807) is 6.92 Å². The first-order valence-electron chi connectivity index (χ1n) is 7.64. The maximum Gasteiger partial charge on any atom is 0.236 e. The lowest BCUT2D eigenvalue weighted by atomic mass is 9.69. The fraction of sp³-hybridized carbons (Fsp3) is 0.588. The van der Waals surface area contributed by atoms with Gasteiger partial charge in [0.2, 0.25) is 5.91 Å². The number of benzene rings is 1. The molecular formula is C17H26N2O. The van der Waals surface area contributed by atoms with Crippen molar-refractivity contribution in [1.29, 1.82) is 0 Å². The number of hydrogen-bond acceptors (Lipinski definition) is 2. The molecule has 1 amide bonds. The van der Waals surface area contributed by atoms with Crippen LogP contribution in [0.4, 0.5) is 0 Å². The summed E-state index contributed by atoms with van der Waals surface area (Å²) in [4.78, 5) is 11.8. The van der Waals surface area contributed by atoms with Crippen molar-refractivity contribution in [3.8, 4) is 0 Å². The number of amides is 1. The smallest absolute Gasteiger partial charge is 0.236 e. The number of nitrogens with two attached hydrogens (primary N) is 1. The van der Waals surface area contributed by atoms with Gasteiger partial charge >= 0.3 is 0 Å². The lowest BCUT2D eigenvalue weighted by Crippen LogP contribution is -2.46. The second kappa shape index (κ2) is 6.40. The van der Waals surface area contributed by atoms with E-state index in [4.69, 9.17) is 5.73 Å². The molecule has 1 saturated carbocycles. The van der Waals surface area contributed by atoms with E-state index in [2.05, 4.69) is 36.5 Å². The first kappa shape index (κ1) is 15.0. The minimum atomic E-state index is -0.437. The molecule has 0 aliphatic heterocycles. The lowest BCUT2D eigenvalue weighted by Gasteiger charge is -2.38. The van der Waals surface area contributed by atoms with Gasteiger partial charge in [0, 0.05) is 12.0 Å². The summed E-state index contributed by atoms with van der Waals surface area (Å²) in [5.74, 6) is -0.0531. The molecule has 0 unspecified atom stereocenters. The SMILES string of the molecule is Cc1cccc(C2(CNC(=O)[C@@H](C)N)CCCCC2)c1. The van der Waals surface area contributed by atoms with Crippen LogP contribution in [-0.2, 0) is 10.2 Å². The summed E-state index contributed by atoms with van der Waals surface area (Å²) in [5.41, 5.74) is 8.38. The van der Waals surface area contributed by atoms with Gasteiger partial charge in [0.15, 0.2) is 0 Å². The quantitative estimate of drug-likeness (QED) is 0.887. The van der Waals surface area contributed by atoms with E-state index in [1.165, 1.54) is 30.4 Å². The number of carbonyl (C=O) groups excluding carboxylic acids is 1. The van der Waals surface area contributed by atoms with Gasteiger partial charge in [-0.2, -0.15) is 0 Å². The molecule has 1 aliphatic rings. The molecule has 1 fully saturated rings. The Morgan fingerprint density at radius 2 is 2.05 bits per heavy atom. The van der Waals surface area contributed by atoms with Crippen molar-refractivity contribution in [3.63, 3.8) is 0 Å². The third-order valence-electron chi connectivity index (χ3n) is 4.46. The zero-order valence-corrected chi connectivity index (χ0v) is 12.6. The molecule has 0 bridgehead atoms. The topological polar surface area (TPSA) is 55.1 Å². The fourth-order valence-electron chi connectivity index (χ4n) is 3.19. The van der Waals surface area contributed by atoms with Gasteiger partial charge < -0.3 is 11.1 Å². The van der Waals surface area contributed by atoms with Crippen LogP contribution < -0.4 is 11.1 Å². The number of nitrogens with one attached hydrogen (secondary N) is 1. The number of aryl methyl sites for hydroxylation is 1. The highest BCUT2D eigenvalue weighted by atomic mass is 16.2. The van der Waals surface area contributed by atoms with Gasteiger partial charge in [0.25, 0.3) is 0 Å². The van der Waals surface area contributed by atoms with Gasteiger partial charge in [-0.1, -0.05) is 49.1 Å². The molecule has 20 heavy (non-hydrogen) atoms. The van der Waals surface area contributed by atoms with Crippen molar-refractivity contribution in [1.82, 2.24) is 5.32 Å². The van der Waals surface area contributed by atoms with Gasteiger partial charge in [0.1, 0.15) is 0 Å². The maximum absolute atomic E-state index is 11.8. The van der Waals surface area contributed by atoms with E-state index in [9.17, 15) is 4.79 Å². The average Bonchev–Trinajstić information content (AvgIpc) is 2.45. The minimum absolute atomic E-state index is 0.0531. The molecule has 0 saturated heterocycles. The Bertz CT molecular complexity index is 462. The van der Waals surface area contributed by atoms with Crippen LogP contribution in [0.1, 0.15) is 50.2 Å². The van der Waals surface area contributed by atoms with E-state index in [0.717, 1.165) is 12.8 Å². The van der Waals surface area contributed by atoms with Gasteiger partial charge in [-0.15, -0.1) is 0 Å². The first-order chi connectivity index (χ1) is 9.53. The Morgan fingerprint density at radius 1 is 1.35 bits per heavy atom. The van der Waals surface area contributed by atoms with Crippen molar-refractivity contribution in [2.24, 2.45) is 5.73 Å². The van der Waals surface area contributed by atoms with Crippen LogP contribution in [0.5, 0.6) is 0 Å². The molecule has 1 aliphatic carbocycles. The molecule has 3 nitrogen and oxygen atoms in total. The van der Waals surface area contributed by atoms with E-state index in [0.29, 0.717) is 6.54 Å². The van der Waals surface area contributed by atoms with Crippen molar-refractivity contribution in [2.45, 2.75) is 57.4 Å². The standard InChI is InChI=1S/C17H26N2O/c1-13-7-6-8-15(11-13)17(9-4-3-5-10-17)12-19-16(20)14(2)18/h6-8,11,14H,3-5,9-10,12,18H2,1-2H3,(H,19,20)/t14-/m1/s1. The molecule has 0 radical (unpaired) electrons. The molecule has 0 aromatic heterocycles. The number of hydrogen-bond donors (Lipinski definition) is 2. The normalized spacial score (nSPS) is 19.4. The third-order valence-corrected chi connectivity index (χ3v) is 4.46. The molecule has 3 N–H and O–H groups in total. The van der Waals surface area contributed by atoms with Crippen LogP contribution in [0.3, 0.4) is 0 Å². The molecule has 3 heteroatoms. The average molecular weight is 274 g/mol. The maximum atomic E-state index is 11.8. The molecule has 1 aromatic rings. The van der Waals surface area contributed by atoms with Crippen LogP contribution in [-0.4, -0.2) is 18.5 Å². The lowest BCUT2D eigenvalue weighted by molar-refractivity contribution is -0.122. The van der Waals surface area contributed by atoms with Gasteiger partial charge in [-0.25, -0.2) is 0 Å². The van der Waals surface area contributed by atoms with Crippen LogP contribution >= 0.6 is 0 Å². The molecule has 2 rings (SSSR count). The summed E-state index contributed by atoms with van der Waals surface area (Å²) in [7, 11) is 0. The highest BCUT2D eigenvalue weighted by Crippen LogP contribution is 2.39. The van der Waals surface area contributed by atoms with E-state index in [1.807, 2.05) is 0 Å². The molecule has 110 valence electrons. The summed E-state index contributed by atoms with van der Waals surface area (Å²) >= 11 is 0. The summed E-state index contributed by atoms with van der Waals surface area (Å²) in [6.07, 6.45) is 6.07.